The van der Waals surface area contributed by atoms with E-state index in [0.29, 0.717) is 6.54 Å². The Kier molecular flexibility index (Phi) is 5.98. The van der Waals surface area contributed by atoms with Crippen molar-refractivity contribution in [1.82, 2.24) is 10.6 Å². The number of nitrogens with one attached hydrogen (secondary N) is 2. The number of rotatable bonds is 5. The Balaban J connectivity index is 2.27. The molecule has 0 unspecified atom stereocenters. The molecule has 0 aliphatic rings. The highest BCUT2D eigenvalue weighted by molar-refractivity contribution is 5.74. The van der Waals surface area contributed by atoms with Gasteiger partial charge in [-0.1, -0.05) is 42.3 Å². The van der Waals surface area contributed by atoms with Crippen molar-refractivity contribution in [3.05, 3.63) is 47.2 Å². The predicted molar refractivity (Wildman–Crippen MR) is 75.5 cm³/mol. The van der Waals surface area contributed by atoms with Gasteiger partial charge in [0.1, 0.15) is 0 Å². The van der Waals surface area contributed by atoms with Crippen LogP contribution in [0.4, 0.5) is 4.79 Å². The van der Waals surface area contributed by atoms with Gasteiger partial charge in [0.25, 0.3) is 0 Å². The average molecular weight is 246 g/mol. The van der Waals surface area contributed by atoms with Gasteiger partial charge in [-0.25, -0.2) is 4.79 Å². The van der Waals surface area contributed by atoms with Crippen molar-refractivity contribution < 1.29 is 4.79 Å². The molecule has 1 rings (SSSR count). The fourth-order valence-corrected chi connectivity index (χ4v) is 1.53. The van der Waals surface area contributed by atoms with Gasteiger partial charge in [-0.3, -0.25) is 0 Å². The second kappa shape index (κ2) is 7.54. The van der Waals surface area contributed by atoms with E-state index in [1.54, 1.807) is 6.20 Å². The van der Waals surface area contributed by atoms with Crippen LogP contribution in [0.25, 0.3) is 0 Å². The molecule has 2 N–H and O–H groups in total. The van der Waals surface area contributed by atoms with Gasteiger partial charge in [0.05, 0.1) is 0 Å². The molecule has 0 saturated carbocycles. The number of hydrogen-bond acceptors (Lipinski definition) is 1. The zero-order valence-corrected chi connectivity index (χ0v) is 11.4. The summed E-state index contributed by atoms with van der Waals surface area (Å²) in [6, 6.07) is 8.18. The normalized spacial score (nSPS) is 11.2. The Labute approximate surface area is 109 Å². The number of benzene rings is 1. The molecule has 2 amide bonds. The molecule has 0 aromatic heterocycles. The Hall–Kier alpha value is -1.77. The minimum absolute atomic E-state index is 0.143. The Bertz CT molecular complexity index is 424. The van der Waals surface area contributed by atoms with Crippen LogP contribution >= 0.6 is 0 Å². The van der Waals surface area contributed by atoms with Crippen LogP contribution in [-0.2, 0) is 6.42 Å². The molecule has 0 fully saturated rings. The Morgan fingerprint density at radius 3 is 2.83 bits per heavy atom. The summed E-state index contributed by atoms with van der Waals surface area (Å²) in [6.45, 7) is 6.77. The zero-order valence-electron chi connectivity index (χ0n) is 11.4. The summed E-state index contributed by atoms with van der Waals surface area (Å²) in [5, 5.41) is 5.55. The lowest BCUT2D eigenvalue weighted by atomic mass is 10.1. The van der Waals surface area contributed by atoms with Crippen molar-refractivity contribution in [1.29, 1.82) is 0 Å². The van der Waals surface area contributed by atoms with E-state index in [2.05, 4.69) is 42.7 Å². The molecule has 3 nitrogen and oxygen atoms in total. The summed E-state index contributed by atoms with van der Waals surface area (Å²) < 4.78 is 0. The van der Waals surface area contributed by atoms with Crippen molar-refractivity contribution in [2.24, 2.45) is 0 Å². The highest BCUT2D eigenvalue weighted by atomic mass is 16.2. The minimum Gasteiger partial charge on any atom is -0.338 e. The summed E-state index contributed by atoms with van der Waals surface area (Å²) in [7, 11) is 0. The van der Waals surface area contributed by atoms with Crippen LogP contribution in [0, 0.1) is 6.92 Å². The van der Waals surface area contributed by atoms with Crippen molar-refractivity contribution in [3.63, 3.8) is 0 Å². The second-order valence-corrected chi connectivity index (χ2v) is 4.48. The van der Waals surface area contributed by atoms with E-state index in [-0.39, 0.29) is 6.03 Å². The topological polar surface area (TPSA) is 41.1 Å². The molecule has 0 atom stereocenters. The molecular formula is C15H22N2O. The average Bonchev–Trinajstić information content (AvgIpc) is 2.36. The quantitative estimate of drug-likeness (QED) is 0.823. The maximum Gasteiger partial charge on any atom is 0.318 e. The molecule has 0 radical (unpaired) electrons. The number of urea groups is 1. The molecule has 0 aliphatic carbocycles. The molecule has 98 valence electrons. The monoisotopic (exact) mass is 246 g/mol. The summed E-state index contributed by atoms with van der Waals surface area (Å²) >= 11 is 0. The number of allylic oxidation sites excluding steroid dienone is 1. The largest absolute Gasteiger partial charge is 0.338 e. The first kappa shape index (κ1) is 14.3. The maximum absolute atomic E-state index is 11.5. The van der Waals surface area contributed by atoms with Gasteiger partial charge in [0.15, 0.2) is 0 Å². The second-order valence-electron chi connectivity index (χ2n) is 4.48. The SMILES string of the molecule is CC/C(C)=C/NC(=O)NCCc1cccc(C)c1. The van der Waals surface area contributed by atoms with Gasteiger partial charge in [-0.15, -0.1) is 0 Å². The van der Waals surface area contributed by atoms with Gasteiger partial charge >= 0.3 is 6.03 Å². The zero-order chi connectivity index (χ0) is 13.4. The standard InChI is InChI=1S/C15H22N2O/c1-4-12(2)11-17-15(18)16-9-8-14-7-5-6-13(3)10-14/h5-7,10-11H,4,8-9H2,1-3H3,(H2,16,17,18)/b12-11+. The van der Waals surface area contributed by atoms with Crippen LogP contribution in [0.1, 0.15) is 31.4 Å². The van der Waals surface area contributed by atoms with Crippen molar-refractivity contribution >= 4 is 6.03 Å². The first-order valence-corrected chi connectivity index (χ1v) is 6.37. The molecule has 0 spiro atoms. The fraction of sp³-hybridized carbons (Fsp3) is 0.400. The Morgan fingerprint density at radius 2 is 2.17 bits per heavy atom. The number of carbonyl (C=O) groups excluding carboxylic acids is 1. The lowest BCUT2D eigenvalue weighted by Crippen LogP contribution is -2.33. The Morgan fingerprint density at radius 1 is 1.39 bits per heavy atom. The van der Waals surface area contributed by atoms with Crippen molar-refractivity contribution in [3.8, 4) is 0 Å². The lowest BCUT2D eigenvalue weighted by molar-refractivity contribution is 0.244. The van der Waals surface area contributed by atoms with Crippen LogP contribution in [0.3, 0.4) is 0 Å². The van der Waals surface area contributed by atoms with Crippen LogP contribution in [-0.4, -0.2) is 12.6 Å². The van der Waals surface area contributed by atoms with Crippen LogP contribution in [0.15, 0.2) is 36.0 Å². The molecule has 1 aromatic carbocycles. The molecule has 18 heavy (non-hydrogen) atoms. The molecule has 0 bridgehead atoms. The summed E-state index contributed by atoms with van der Waals surface area (Å²) in [5.74, 6) is 0. The van der Waals surface area contributed by atoms with E-state index in [1.165, 1.54) is 11.1 Å². The molecule has 0 heterocycles. The van der Waals surface area contributed by atoms with E-state index in [4.69, 9.17) is 0 Å². The highest BCUT2D eigenvalue weighted by Crippen LogP contribution is 2.03. The van der Waals surface area contributed by atoms with E-state index in [1.807, 2.05) is 13.0 Å². The van der Waals surface area contributed by atoms with Crippen LogP contribution < -0.4 is 10.6 Å². The third kappa shape index (κ3) is 5.53. The summed E-state index contributed by atoms with van der Waals surface area (Å²) in [6.07, 6.45) is 3.55. The van der Waals surface area contributed by atoms with E-state index >= 15 is 0 Å². The maximum atomic E-state index is 11.5. The molecule has 1 aromatic rings. The third-order valence-corrected chi connectivity index (χ3v) is 2.79. The number of amides is 2. The number of carbonyl (C=O) groups is 1. The van der Waals surface area contributed by atoms with Gasteiger partial charge in [0.2, 0.25) is 0 Å². The first-order chi connectivity index (χ1) is 8.61. The summed E-state index contributed by atoms with van der Waals surface area (Å²) in [5.41, 5.74) is 3.65. The fourth-order valence-electron chi connectivity index (χ4n) is 1.53. The van der Waals surface area contributed by atoms with Crippen LogP contribution in [0.2, 0.25) is 0 Å². The van der Waals surface area contributed by atoms with E-state index in [9.17, 15) is 4.79 Å². The smallest absolute Gasteiger partial charge is 0.318 e. The van der Waals surface area contributed by atoms with Gasteiger partial charge in [-0.2, -0.15) is 0 Å². The highest BCUT2D eigenvalue weighted by Gasteiger charge is 1.98. The molecule has 3 heteroatoms. The third-order valence-electron chi connectivity index (χ3n) is 2.79. The lowest BCUT2D eigenvalue weighted by Gasteiger charge is -2.06. The molecule has 0 aliphatic heterocycles. The predicted octanol–water partition coefficient (Wildman–Crippen LogP) is 3.15. The van der Waals surface area contributed by atoms with E-state index in [0.717, 1.165) is 18.4 Å². The van der Waals surface area contributed by atoms with Crippen molar-refractivity contribution in [2.75, 3.05) is 6.54 Å². The van der Waals surface area contributed by atoms with Gasteiger partial charge < -0.3 is 10.6 Å². The minimum atomic E-state index is -0.143. The molecule has 0 saturated heterocycles. The number of hydrogen-bond donors (Lipinski definition) is 2. The summed E-state index contributed by atoms with van der Waals surface area (Å²) in [4.78, 5) is 11.5. The van der Waals surface area contributed by atoms with E-state index < -0.39 is 0 Å². The van der Waals surface area contributed by atoms with Crippen molar-refractivity contribution in [2.45, 2.75) is 33.6 Å². The van der Waals surface area contributed by atoms with Crippen LogP contribution in [0.5, 0.6) is 0 Å². The van der Waals surface area contributed by atoms with Gasteiger partial charge in [-0.05, 0) is 32.3 Å². The molecular weight excluding hydrogens is 224 g/mol. The van der Waals surface area contributed by atoms with Gasteiger partial charge in [0, 0.05) is 12.7 Å². The first-order valence-electron chi connectivity index (χ1n) is 6.37. The number of aryl methyl sites for hydroxylation is 1.